The first-order valence-corrected chi connectivity index (χ1v) is 13.1. The Bertz CT molecular complexity index is 1590. The summed E-state index contributed by atoms with van der Waals surface area (Å²) in [6.45, 7) is 2.18. The number of para-hydroxylation sites is 1. The normalized spacial score (nSPS) is 14.8. The molecule has 3 N–H and O–H groups in total. The molecular formula is C27H30N10O3. The Labute approximate surface area is 230 Å². The van der Waals surface area contributed by atoms with Crippen LogP contribution in [0.5, 0.6) is 0 Å². The molecule has 1 fully saturated rings. The van der Waals surface area contributed by atoms with E-state index in [0.29, 0.717) is 18.3 Å². The highest BCUT2D eigenvalue weighted by atomic mass is 16.5. The average molecular weight is 543 g/mol. The summed E-state index contributed by atoms with van der Waals surface area (Å²) in [5.41, 5.74) is 5.80. The van der Waals surface area contributed by atoms with E-state index in [1.807, 2.05) is 25.4 Å². The summed E-state index contributed by atoms with van der Waals surface area (Å²) in [5.74, 6) is -0.654. The molecule has 4 aromatic rings. The molecule has 0 atom stereocenters. The number of hydrogen-bond acceptors (Lipinski definition) is 9. The van der Waals surface area contributed by atoms with Gasteiger partial charge in [-0.3, -0.25) is 19.0 Å². The molecule has 6 rings (SSSR count). The number of fused-ring (bicyclic) bond motifs is 3. The zero-order valence-electron chi connectivity index (χ0n) is 22.5. The van der Waals surface area contributed by atoms with Crippen molar-refractivity contribution in [3.8, 4) is 11.1 Å². The van der Waals surface area contributed by atoms with Crippen LogP contribution in [0.4, 0.5) is 22.9 Å². The molecule has 13 nitrogen and oxygen atoms in total. The number of ether oxygens (including phenoxy) is 1. The largest absolute Gasteiger partial charge is 0.381 e. The lowest BCUT2D eigenvalue weighted by atomic mass is 9.97. The van der Waals surface area contributed by atoms with E-state index in [0.717, 1.165) is 48.6 Å². The van der Waals surface area contributed by atoms with Gasteiger partial charge < -0.3 is 25.6 Å². The van der Waals surface area contributed by atoms with Gasteiger partial charge in [0.2, 0.25) is 0 Å². The molecule has 2 aliphatic rings. The summed E-state index contributed by atoms with van der Waals surface area (Å²) in [7, 11) is 5.30. The summed E-state index contributed by atoms with van der Waals surface area (Å²) < 4.78 is 9.25. The highest BCUT2D eigenvalue weighted by Gasteiger charge is 2.29. The van der Waals surface area contributed by atoms with Gasteiger partial charge in [-0.25, -0.2) is 0 Å². The summed E-state index contributed by atoms with van der Waals surface area (Å²) in [4.78, 5) is 27.5. The molecule has 1 aromatic carbocycles. The molecule has 0 saturated carbocycles. The predicted molar refractivity (Wildman–Crippen MR) is 149 cm³/mol. The number of benzene rings is 1. The van der Waals surface area contributed by atoms with E-state index < -0.39 is 11.8 Å². The van der Waals surface area contributed by atoms with E-state index in [1.54, 1.807) is 25.4 Å². The molecule has 0 bridgehead atoms. The van der Waals surface area contributed by atoms with Crippen LogP contribution in [0.2, 0.25) is 0 Å². The van der Waals surface area contributed by atoms with Crippen LogP contribution in [-0.4, -0.2) is 68.9 Å². The average Bonchev–Trinajstić information content (AvgIpc) is 3.60. The number of aryl methyl sites for hydroxylation is 1. The second kappa shape index (κ2) is 10.4. The van der Waals surface area contributed by atoms with Gasteiger partial charge in [0.25, 0.3) is 11.8 Å². The molecule has 0 aliphatic carbocycles. The van der Waals surface area contributed by atoms with Gasteiger partial charge in [-0.15, -0.1) is 10.2 Å². The Morgan fingerprint density at radius 1 is 1.02 bits per heavy atom. The molecule has 0 radical (unpaired) electrons. The maximum Gasteiger partial charge on any atom is 0.277 e. The van der Waals surface area contributed by atoms with Crippen molar-refractivity contribution in [1.29, 1.82) is 0 Å². The van der Waals surface area contributed by atoms with E-state index >= 15 is 0 Å². The van der Waals surface area contributed by atoms with Crippen molar-refractivity contribution in [3.63, 3.8) is 0 Å². The molecule has 0 spiro atoms. The van der Waals surface area contributed by atoms with E-state index in [4.69, 9.17) is 9.84 Å². The van der Waals surface area contributed by atoms with Crippen LogP contribution < -0.4 is 20.9 Å². The molecule has 5 heterocycles. The van der Waals surface area contributed by atoms with Crippen molar-refractivity contribution >= 4 is 34.7 Å². The van der Waals surface area contributed by atoms with Gasteiger partial charge in [-0.2, -0.15) is 10.2 Å². The van der Waals surface area contributed by atoms with E-state index in [-0.39, 0.29) is 17.2 Å². The highest BCUT2D eigenvalue weighted by Crippen LogP contribution is 2.44. The lowest BCUT2D eigenvalue weighted by molar-refractivity contribution is 0.0654. The monoisotopic (exact) mass is 542 g/mol. The zero-order valence-corrected chi connectivity index (χ0v) is 22.5. The molecule has 3 aromatic heterocycles. The molecule has 1 saturated heterocycles. The summed E-state index contributed by atoms with van der Waals surface area (Å²) >= 11 is 0. The molecular weight excluding hydrogens is 512 g/mol. The summed E-state index contributed by atoms with van der Waals surface area (Å²) in [6, 6.07) is 9.51. The fourth-order valence-corrected chi connectivity index (χ4v) is 5.29. The Hall–Kier alpha value is -4.78. The first kappa shape index (κ1) is 25.5. The van der Waals surface area contributed by atoms with Crippen molar-refractivity contribution in [2.24, 2.45) is 7.05 Å². The molecule has 40 heavy (non-hydrogen) atoms. The van der Waals surface area contributed by atoms with Crippen molar-refractivity contribution in [2.45, 2.75) is 25.4 Å². The number of anilines is 4. The van der Waals surface area contributed by atoms with Gasteiger partial charge in [0.1, 0.15) is 0 Å². The van der Waals surface area contributed by atoms with Crippen LogP contribution in [0.1, 0.15) is 45.6 Å². The van der Waals surface area contributed by atoms with E-state index in [1.165, 1.54) is 17.4 Å². The molecule has 13 heteroatoms. The third-order valence-corrected chi connectivity index (χ3v) is 7.22. The van der Waals surface area contributed by atoms with Crippen molar-refractivity contribution in [1.82, 2.24) is 35.1 Å². The summed E-state index contributed by atoms with van der Waals surface area (Å²) in [6.07, 6.45) is 5.51. The van der Waals surface area contributed by atoms with Crippen molar-refractivity contribution < 1.29 is 14.3 Å². The number of amides is 2. The molecule has 2 amide bonds. The Morgan fingerprint density at radius 2 is 1.85 bits per heavy atom. The van der Waals surface area contributed by atoms with Gasteiger partial charge in [-0.1, -0.05) is 12.1 Å². The fraction of sp³-hybridized carbons (Fsp3) is 0.333. The Morgan fingerprint density at radius 3 is 2.60 bits per heavy atom. The van der Waals surface area contributed by atoms with Crippen molar-refractivity contribution in [3.05, 3.63) is 59.8 Å². The highest BCUT2D eigenvalue weighted by molar-refractivity contribution is 6.04. The van der Waals surface area contributed by atoms with Crippen LogP contribution in [0.25, 0.3) is 11.1 Å². The fourth-order valence-electron chi connectivity index (χ4n) is 5.29. The van der Waals surface area contributed by atoms with Crippen LogP contribution >= 0.6 is 0 Å². The maximum absolute atomic E-state index is 12.7. The number of carbonyl (C=O) groups excluding carboxylic acids is 2. The second-order valence-corrected chi connectivity index (χ2v) is 9.88. The SMILES string of the molecule is CNC(=O)c1nnc(NC(=O)c2ccn(C)n2)cc1Nc1cccc2c1N(C)Cc1c-2cnn1C1CCOCC1. The number of aromatic nitrogens is 6. The van der Waals surface area contributed by atoms with Gasteiger partial charge in [0, 0.05) is 57.7 Å². The predicted octanol–water partition coefficient (Wildman–Crippen LogP) is 2.73. The van der Waals surface area contributed by atoms with E-state index in [2.05, 4.69) is 46.9 Å². The zero-order chi connectivity index (χ0) is 27.8. The Balaban J connectivity index is 1.35. The minimum Gasteiger partial charge on any atom is -0.381 e. The van der Waals surface area contributed by atoms with Crippen molar-refractivity contribution in [2.75, 3.05) is 42.8 Å². The van der Waals surface area contributed by atoms with Crippen LogP contribution in [0.3, 0.4) is 0 Å². The van der Waals surface area contributed by atoms with Crippen LogP contribution in [-0.2, 0) is 18.3 Å². The topological polar surface area (TPSA) is 144 Å². The second-order valence-electron chi connectivity index (χ2n) is 9.88. The molecule has 0 unspecified atom stereocenters. The lowest BCUT2D eigenvalue weighted by Crippen LogP contribution is -2.28. The van der Waals surface area contributed by atoms with Gasteiger partial charge in [0.05, 0.1) is 41.5 Å². The molecule has 2 aliphatic heterocycles. The number of nitrogens with zero attached hydrogens (tertiary/aromatic N) is 7. The van der Waals surface area contributed by atoms with Gasteiger partial charge in [-0.05, 0) is 25.0 Å². The smallest absolute Gasteiger partial charge is 0.277 e. The minimum atomic E-state index is -0.431. The third-order valence-electron chi connectivity index (χ3n) is 7.22. The maximum atomic E-state index is 12.7. The number of rotatable bonds is 6. The summed E-state index contributed by atoms with van der Waals surface area (Å²) in [5, 5.41) is 25.8. The first-order valence-electron chi connectivity index (χ1n) is 13.1. The Kier molecular flexibility index (Phi) is 6.64. The standard InChI is InChI=1S/C27H30N10O3/c1-28-27(39)24-21(13-23(32-33-24)31-26(38)20-7-10-36(3)34-20)30-19-6-4-5-17-18-14-29-37(16-8-11-40-12-9-16)22(18)15-35(2)25(17)19/h4-7,10,13-14,16H,8-9,11-12,15H2,1-3H3,(H,28,39)(H2,30,31,32,38). The molecule has 206 valence electrons. The lowest BCUT2D eigenvalue weighted by Gasteiger charge is -2.32. The minimum absolute atomic E-state index is 0.0995. The first-order chi connectivity index (χ1) is 19.4. The number of carbonyl (C=O) groups is 2. The van der Waals surface area contributed by atoms with Crippen LogP contribution in [0.15, 0.2) is 42.7 Å². The number of nitrogens with one attached hydrogen (secondary N) is 3. The van der Waals surface area contributed by atoms with Gasteiger partial charge in [0.15, 0.2) is 17.2 Å². The third kappa shape index (κ3) is 4.64. The van der Waals surface area contributed by atoms with E-state index in [9.17, 15) is 9.59 Å². The quantitative estimate of drug-likeness (QED) is 0.335. The van der Waals surface area contributed by atoms with Crippen LogP contribution in [0, 0.1) is 0 Å². The number of hydrogen-bond donors (Lipinski definition) is 3. The van der Waals surface area contributed by atoms with Gasteiger partial charge >= 0.3 is 0 Å².